The fourth-order valence-electron chi connectivity index (χ4n) is 2.31. The number of amides is 2. The van der Waals surface area contributed by atoms with Crippen molar-refractivity contribution in [1.29, 1.82) is 0 Å². The minimum absolute atomic E-state index is 0.224. The zero-order chi connectivity index (χ0) is 19.8. The maximum absolute atomic E-state index is 13.6. The van der Waals surface area contributed by atoms with Crippen LogP contribution in [-0.2, 0) is 9.59 Å². The molecule has 0 aliphatic rings. The first-order valence-corrected chi connectivity index (χ1v) is 8.23. The Kier molecular flexibility index (Phi) is 7.10. The summed E-state index contributed by atoms with van der Waals surface area (Å²) in [6.07, 6.45) is 0. The van der Waals surface area contributed by atoms with E-state index in [2.05, 4.69) is 5.32 Å². The number of methoxy groups -OCH3 is 1. The largest absolute Gasteiger partial charge is 0.493 e. The number of benzene rings is 2. The number of halogens is 2. The summed E-state index contributed by atoms with van der Waals surface area (Å²) in [5, 5.41) is 2.15. The molecule has 0 unspecified atom stereocenters. The smallest absolute Gasteiger partial charge is 0.260 e. The molecule has 6 nitrogen and oxygen atoms in total. The summed E-state index contributed by atoms with van der Waals surface area (Å²) >= 11 is 0. The number of hydrogen-bond acceptors (Lipinski definition) is 4. The Morgan fingerprint density at radius 3 is 2.26 bits per heavy atom. The monoisotopic (exact) mass is 378 g/mol. The lowest BCUT2D eigenvalue weighted by molar-refractivity contribution is -0.136. The number of nitrogens with one attached hydrogen (secondary N) is 1. The van der Waals surface area contributed by atoms with Crippen LogP contribution in [0.1, 0.15) is 6.92 Å². The molecule has 1 N–H and O–H groups in total. The maximum atomic E-state index is 13.6. The van der Waals surface area contributed by atoms with Crippen molar-refractivity contribution in [2.75, 3.05) is 32.1 Å². The van der Waals surface area contributed by atoms with Gasteiger partial charge in [-0.05, 0) is 31.2 Å². The SMILES string of the molecule is CCN(CC(=O)Nc1c(F)cccc1F)C(=O)COc1ccccc1OC. The molecule has 2 aromatic rings. The molecular weight excluding hydrogens is 358 g/mol. The van der Waals surface area contributed by atoms with Crippen molar-refractivity contribution in [3.8, 4) is 11.5 Å². The van der Waals surface area contributed by atoms with Gasteiger partial charge in [0.1, 0.15) is 17.3 Å². The number of rotatable bonds is 8. The van der Waals surface area contributed by atoms with Crippen molar-refractivity contribution in [3.05, 3.63) is 54.1 Å². The van der Waals surface area contributed by atoms with Crippen LogP contribution < -0.4 is 14.8 Å². The molecular formula is C19H20F2N2O4. The van der Waals surface area contributed by atoms with E-state index in [9.17, 15) is 18.4 Å². The summed E-state index contributed by atoms with van der Waals surface area (Å²) in [5.74, 6) is -2.09. The van der Waals surface area contributed by atoms with Crippen LogP contribution >= 0.6 is 0 Å². The predicted octanol–water partition coefficient (Wildman–Crippen LogP) is 2.84. The molecule has 2 rings (SSSR count). The van der Waals surface area contributed by atoms with Gasteiger partial charge in [0.25, 0.3) is 5.91 Å². The average Bonchev–Trinajstić information content (AvgIpc) is 2.67. The van der Waals surface area contributed by atoms with Gasteiger partial charge < -0.3 is 19.7 Å². The van der Waals surface area contributed by atoms with Crippen molar-refractivity contribution in [2.24, 2.45) is 0 Å². The lowest BCUT2D eigenvalue weighted by Gasteiger charge is -2.21. The Bertz CT molecular complexity index is 794. The van der Waals surface area contributed by atoms with E-state index in [-0.39, 0.29) is 19.7 Å². The quantitative estimate of drug-likeness (QED) is 0.767. The average molecular weight is 378 g/mol. The maximum Gasteiger partial charge on any atom is 0.260 e. The Hall–Kier alpha value is -3.16. The first kappa shape index (κ1) is 20.2. The topological polar surface area (TPSA) is 67.9 Å². The summed E-state index contributed by atoms with van der Waals surface area (Å²) in [6, 6.07) is 10.1. The Balaban J connectivity index is 1.95. The Morgan fingerprint density at radius 1 is 1.04 bits per heavy atom. The normalized spacial score (nSPS) is 10.2. The molecule has 0 saturated heterocycles. The van der Waals surface area contributed by atoms with Gasteiger partial charge in [0.05, 0.1) is 13.7 Å². The van der Waals surface area contributed by atoms with Gasteiger partial charge in [-0.15, -0.1) is 0 Å². The number of nitrogens with zero attached hydrogens (tertiary/aromatic N) is 1. The number of likely N-dealkylation sites (N-methyl/N-ethyl adjacent to an activating group) is 1. The predicted molar refractivity (Wildman–Crippen MR) is 95.7 cm³/mol. The number of ether oxygens (including phenoxy) is 2. The van der Waals surface area contributed by atoms with Crippen LogP contribution in [0.3, 0.4) is 0 Å². The van der Waals surface area contributed by atoms with E-state index < -0.39 is 29.1 Å². The lowest BCUT2D eigenvalue weighted by atomic mass is 10.3. The number of anilines is 1. The number of carbonyl (C=O) groups is 2. The highest BCUT2D eigenvalue weighted by Crippen LogP contribution is 2.25. The van der Waals surface area contributed by atoms with Crippen LogP contribution in [0.15, 0.2) is 42.5 Å². The molecule has 27 heavy (non-hydrogen) atoms. The molecule has 0 aliphatic heterocycles. The highest BCUT2D eigenvalue weighted by atomic mass is 19.1. The molecule has 0 spiro atoms. The summed E-state index contributed by atoms with van der Waals surface area (Å²) < 4.78 is 37.8. The minimum atomic E-state index is -0.891. The zero-order valence-corrected chi connectivity index (χ0v) is 15.0. The molecule has 0 saturated carbocycles. The molecule has 0 aliphatic carbocycles. The zero-order valence-electron chi connectivity index (χ0n) is 15.0. The van der Waals surface area contributed by atoms with Gasteiger partial charge in [-0.25, -0.2) is 8.78 Å². The number of para-hydroxylation sites is 3. The third-order valence-electron chi connectivity index (χ3n) is 3.72. The molecule has 0 fully saturated rings. The second-order valence-corrected chi connectivity index (χ2v) is 5.49. The van der Waals surface area contributed by atoms with E-state index in [1.807, 2.05) is 0 Å². The van der Waals surface area contributed by atoms with Crippen LogP contribution in [0.4, 0.5) is 14.5 Å². The standard InChI is InChI=1S/C19H20F2N2O4/c1-3-23(11-17(24)22-19-13(20)7-6-8-14(19)21)18(25)12-27-16-10-5-4-9-15(16)26-2/h4-10H,3,11-12H2,1-2H3,(H,22,24). The fraction of sp³-hybridized carbons (Fsp3) is 0.263. The molecule has 0 bridgehead atoms. The third-order valence-corrected chi connectivity index (χ3v) is 3.72. The molecule has 8 heteroatoms. The molecule has 0 aromatic heterocycles. The third kappa shape index (κ3) is 5.40. The molecule has 2 aromatic carbocycles. The van der Waals surface area contributed by atoms with Gasteiger partial charge in [-0.2, -0.15) is 0 Å². The molecule has 0 heterocycles. The minimum Gasteiger partial charge on any atom is -0.493 e. The van der Waals surface area contributed by atoms with Crippen LogP contribution in [0.2, 0.25) is 0 Å². The van der Waals surface area contributed by atoms with Crippen LogP contribution in [0, 0.1) is 11.6 Å². The van der Waals surface area contributed by atoms with E-state index in [1.54, 1.807) is 31.2 Å². The van der Waals surface area contributed by atoms with Gasteiger partial charge in [0, 0.05) is 6.54 Å². The van der Waals surface area contributed by atoms with E-state index in [0.717, 1.165) is 12.1 Å². The summed E-state index contributed by atoms with van der Waals surface area (Å²) in [5.41, 5.74) is -0.545. The van der Waals surface area contributed by atoms with Crippen LogP contribution in [0.25, 0.3) is 0 Å². The molecule has 0 atom stereocenters. The van der Waals surface area contributed by atoms with Crippen LogP contribution in [0.5, 0.6) is 11.5 Å². The second-order valence-electron chi connectivity index (χ2n) is 5.49. The summed E-state index contributed by atoms with van der Waals surface area (Å²) in [6.45, 7) is 1.23. The van der Waals surface area contributed by atoms with Gasteiger partial charge >= 0.3 is 0 Å². The van der Waals surface area contributed by atoms with E-state index in [1.165, 1.54) is 18.1 Å². The Labute approximate surface area is 155 Å². The summed E-state index contributed by atoms with van der Waals surface area (Å²) in [7, 11) is 1.48. The lowest BCUT2D eigenvalue weighted by Crippen LogP contribution is -2.40. The molecule has 144 valence electrons. The highest BCUT2D eigenvalue weighted by molar-refractivity contribution is 5.94. The second kappa shape index (κ2) is 9.51. The van der Waals surface area contributed by atoms with Gasteiger partial charge in [-0.3, -0.25) is 9.59 Å². The fourth-order valence-corrected chi connectivity index (χ4v) is 2.31. The van der Waals surface area contributed by atoms with Gasteiger partial charge in [-0.1, -0.05) is 18.2 Å². The van der Waals surface area contributed by atoms with Crippen LogP contribution in [-0.4, -0.2) is 43.5 Å². The highest BCUT2D eigenvalue weighted by Gasteiger charge is 2.19. The number of carbonyl (C=O) groups excluding carboxylic acids is 2. The first-order valence-electron chi connectivity index (χ1n) is 8.23. The number of hydrogen-bond donors (Lipinski definition) is 1. The summed E-state index contributed by atoms with van der Waals surface area (Å²) in [4.78, 5) is 25.6. The van der Waals surface area contributed by atoms with Gasteiger partial charge in [0.15, 0.2) is 18.1 Å². The van der Waals surface area contributed by atoms with Crippen molar-refractivity contribution in [2.45, 2.75) is 6.92 Å². The molecule has 2 amide bonds. The van der Waals surface area contributed by atoms with Crippen molar-refractivity contribution in [1.82, 2.24) is 4.90 Å². The molecule has 0 radical (unpaired) electrons. The van der Waals surface area contributed by atoms with Crippen molar-refractivity contribution < 1.29 is 27.8 Å². The van der Waals surface area contributed by atoms with E-state index in [0.29, 0.717) is 11.5 Å². The van der Waals surface area contributed by atoms with Crippen molar-refractivity contribution in [3.63, 3.8) is 0 Å². The Morgan fingerprint density at radius 2 is 1.67 bits per heavy atom. The van der Waals surface area contributed by atoms with E-state index >= 15 is 0 Å². The van der Waals surface area contributed by atoms with Gasteiger partial charge in [0.2, 0.25) is 5.91 Å². The van der Waals surface area contributed by atoms with Crippen molar-refractivity contribution >= 4 is 17.5 Å². The van der Waals surface area contributed by atoms with E-state index in [4.69, 9.17) is 9.47 Å². The first-order chi connectivity index (χ1) is 13.0.